The topological polar surface area (TPSA) is 26.3 Å². The molecule has 0 saturated carbocycles. The molecule has 0 heterocycles. The summed E-state index contributed by atoms with van der Waals surface area (Å²) in [5, 5.41) is 0. The van der Waals surface area contributed by atoms with Crippen LogP contribution < -0.4 is 0 Å². The van der Waals surface area contributed by atoms with Crippen LogP contribution in [0.5, 0.6) is 0 Å². The van der Waals surface area contributed by atoms with Crippen LogP contribution in [0.4, 0.5) is 8.78 Å². The maximum atomic E-state index is 13.7. The average molecular weight is 340 g/mol. The van der Waals surface area contributed by atoms with E-state index >= 15 is 0 Å². The van der Waals surface area contributed by atoms with Crippen molar-refractivity contribution in [3.05, 3.63) is 35.4 Å². The highest BCUT2D eigenvalue weighted by molar-refractivity contribution is 5.89. The molecule has 0 N–H and O–H groups in total. The number of carbonyl (C=O) groups excluding carboxylic acids is 1. The monoisotopic (exact) mass is 340 g/mol. The predicted octanol–water partition coefficient (Wildman–Crippen LogP) is 6.43. The van der Waals surface area contributed by atoms with Crippen LogP contribution in [0.2, 0.25) is 0 Å². The van der Waals surface area contributed by atoms with Gasteiger partial charge in [-0.3, -0.25) is 0 Å². The predicted molar refractivity (Wildman–Crippen MR) is 93.1 cm³/mol. The fourth-order valence-corrected chi connectivity index (χ4v) is 2.72. The molecule has 0 aliphatic rings. The van der Waals surface area contributed by atoms with Crippen LogP contribution in [0.3, 0.4) is 0 Å². The van der Waals surface area contributed by atoms with Gasteiger partial charge >= 0.3 is 5.97 Å². The first kappa shape index (κ1) is 20.6. The molecule has 0 saturated heterocycles. The molecule has 0 amide bonds. The zero-order valence-electron chi connectivity index (χ0n) is 15.0. The van der Waals surface area contributed by atoms with E-state index in [1.807, 2.05) is 0 Å². The van der Waals surface area contributed by atoms with Gasteiger partial charge in [-0.1, -0.05) is 58.8 Å². The Morgan fingerprint density at radius 1 is 0.958 bits per heavy atom. The molecule has 24 heavy (non-hydrogen) atoms. The van der Waals surface area contributed by atoms with Crippen molar-refractivity contribution in [2.75, 3.05) is 0 Å². The molecule has 1 aromatic rings. The van der Waals surface area contributed by atoms with Crippen molar-refractivity contribution in [3.8, 4) is 0 Å². The maximum absolute atomic E-state index is 13.7. The summed E-state index contributed by atoms with van der Waals surface area (Å²) in [6.45, 7) is 4.28. The van der Waals surface area contributed by atoms with Gasteiger partial charge in [0.05, 0.1) is 5.56 Å². The van der Waals surface area contributed by atoms with Gasteiger partial charge in [-0.25, -0.2) is 13.6 Å². The third-order valence-corrected chi connectivity index (χ3v) is 4.18. The van der Waals surface area contributed by atoms with E-state index in [0.717, 1.165) is 50.7 Å². The van der Waals surface area contributed by atoms with Crippen LogP contribution in [0.25, 0.3) is 0 Å². The van der Waals surface area contributed by atoms with Crippen molar-refractivity contribution in [1.29, 1.82) is 0 Å². The second-order valence-electron chi connectivity index (χ2n) is 6.35. The van der Waals surface area contributed by atoms with Gasteiger partial charge in [0, 0.05) is 6.07 Å². The highest BCUT2D eigenvalue weighted by Gasteiger charge is 2.19. The number of rotatable bonds is 12. The van der Waals surface area contributed by atoms with E-state index in [-0.39, 0.29) is 11.7 Å². The Labute approximate surface area is 144 Å². The van der Waals surface area contributed by atoms with Gasteiger partial charge in [0.15, 0.2) is 0 Å². The van der Waals surface area contributed by atoms with Crippen molar-refractivity contribution in [3.63, 3.8) is 0 Å². The fraction of sp³-hybridized carbons (Fsp3) is 0.650. The number of esters is 1. The molecule has 0 radical (unpaired) electrons. The molecule has 0 aliphatic heterocycles. The lowest BCUT2D eigenvalue weighted by Gasteiger charge is -2.18. The molecule has 4 heteroatoms. The summed E-state index contributed by atoms with van der Waals surface area (Å²) in [5.74, 6) is -2.26. The first-order valence-electron chi connectivity index (χ1n) is 9.24. The minimum Gasteiger partial charge on any atom is -0.459 e. The van der Waals surface area contributed by atoms with Gasteiger partial charge in [-0.2, -0.15) is 0 Å². The highest BCUT2D eigenvalue weighted by atomic mass is 19.1. The second kappa shape index (κ2) is 12.0. The minimum atomic E-state index is -0.867. The SMILES string of the molecule is CCCCCCCCC(CCCC)OC(=O)c1ccc(F)cc1F. The summed E-state index contributed by atoms with van der Waals surface area (Å²) in [4.78, 5) is 12.1. The summed E-state index contributed by atoms with van der Waals surface area (Å²) in [7, 11) is 0. The normalized spacial score (nSPS) is 12.2. The molecule has 136 valence electrons. The number of unbranched alkanes of at least 4 members (excludes halogenated alkanes) is 6. The number of hydrogen-bond donors (Lipinski definition) is 0. The lowest BCUT2D eigenvalue weighted by molar-refractivity contribution is 0.0245. The van der Waals surface area contributed by atoms with Crippen molar-refractivity contribution in [2.45, 2.75) is 84.2 Å². The summed E-state index contributed by atoms with van der Waals surface area (Å²) >= 11 is 0. The highest BCUT2D eigenvalue weighted by Crippen LogP contribution is 2.18. The molecule has 0 bridgehead atoms. The summed E-state index contributed by atoms with van der Waals surface area (Å²) in [5.41, 5.74) is -0.194. The largest absolute Gasteiger partial charge is 0.459 e. The van der Waals surface area contributed by atoms with Gasteiger partial charge in [-0.15, -0.1) is 0 Å². The van der Waals surface area contributed by atoms with Gasteiger partial charge in [0.2, 0.25) is 0 Å². The van der Waals surface area contributed by atoms with Crippen LogP contribution in [-0.4, -0.2) is 12.1 Å². The number of carbonyl (C=O) groups is 1. The van der Waals surface area contributed by atoms with Crippen LogP contribution in [0.15, 0.2) is 18.2 Å². The average Bonchev–Trinajstić information content (AvgIpc) is 2.55. The minimum absolute atomic E-state index is 0.187. The molecule has 0 fully saturated rings. The standard InChI is InChI=1S/C20H30F2O2/c1-3-5-7-8-9-10-12-17(11-6-4-2)24-20(23)18-14-13-16(21)15-19(18)22/h13-15,17H,3-12H2,1-2H3. The van der Waals surface area contributed by atoms with Crippen LogP contribution in [0, 0.1) is 11.6 Å². The Balaban J connectivity index is 2.50. The smallest absolute Gasteiger partial charge is 0.341 e. The quantitative estimate of drug-likeness (QED) is 0.324. The fourth-order valence-electron chi connectivity index (χ4n) is 2.72. The molecule has 0 spiro atoms. The summed E-state index contributed by atoms with van der Waals surface area (Å²) < 4.78 is 32.1. The molecule has 1 atom stereocenters. The molecule has 2 nitrogen and oxygen atoms in total. The Morgan fingerprint density at radius 3 is 2.25 bits per heavy atom. The number of ether oxygens (including phenoxy) is 1. The lowest BCUT2D eigenvalue weighted by atomic mass is 10.0. The van der Waals surface area contributed by atoms with Crippen molar-refractivity contribution in [2.24, 2.45) is 0 Å². The molecule has 0 aromatic heterocycles. The first-order valence-corrected chi connectivity index (χ1v) is 9.24. The van der Waals surface area contributed by atoms with E-state index in [2.05, 4.69) is 13.8 Å². The molecule has 1 rings (SSSR count). The second-order valence-corrected chi connectivity index (χ2v) is 6.35. The Hall–Kier alpha value is -1.45. The number of halogens is 2. The van der Waals surface area contributed by atoms with Crippen LogP contribution in [-0.2, 0) is 4.74 Å². The summed E-state index contributed by atoms with van der Waals surface area (Å²) in [6.07, 6.45) is 10.5. The van der Waals surface area contributed by atoms with Gasteiger partial charge < -0.3 is 4.74 Å². The molecular weight excluding hydrogens is 310 g/mol. The lowest BCUT2D eigenvalue weighted by Crippen LogP contribution is -2.19. The zero-order chi connectivity index (χ0) is 17.8. The van der Waals surface area contributed by atoms with Crippen LogP contribution in [0.1, 0.15) is 88.4 Å². The zero-order valence-corrected chi connectivity index (χ0v) is 15.0. The van der Waals surface area contributed by atoms with E-state index in [1.54, 1.807) is 0 Å². The van der Waals surface area contributed by atoms with Gasteiger partial charge in [-0.05, 0) is 31.4 Å². The molecule has 0 aliphatic carbocycles. The van der Waals surface area contributed by atoms with Gasteiger partial charge in [0.1, 0.15) is 17.7 Å². The number of benzene rings is 1. The van der Waals surface area contributed by atoms with E-state index in [0.29, 0.717) is 6.07 Å². The van der Waals surface area contributed by atoms with Crippen molar-refractivity contribution in [1.82, 2.24) is 0 Å². The maximum Gasteiger partial charge on any atom is 0.341 e. The van der Waals surface area contributed by atoms with Crippen molar-refractivity contribution >= 4 is 5.97 Å². The van der Waals surface area contributed by atoms with Crippen LogP contribution >= 0.6 is 0 Å². The molecule has 1 aromatic carbocycles. The first-order chi connectivity index (χ1) is 11.6. The third-order valence-electron chi connectivity index (χ3n) is 4.18. The van der Waals surface area contributed by atoms with E-state index < -0.39 is 17.6 Å². The third kappa shape index (κ3) is 7.89. The summed E-state index contributed by atoms with van der Waals surface area (Å²) in [6, 6.07) is 2.94. The number of hydrogen-bond acceptors (Lipinski definition) is 2. The van der Waals surface area contributed by atoms with E-state index in [9.17, 15) is 13.6 Å². The van der Waals surface area contributed by atoms with E-state index in [4.69, 9.17) is 4.74 Å². The van der Waals surface area contributed by atoms with Gasteiger partial charge in [0.25, 0.3) is 0 Å². The Morgan fingerprint density at radius 2 is 1.58 bits per heavy atom. The van der Waals surface area contributed by atoms with Crippen molar-refractivity contribution < 1.29 is 18.3 Å². The molecule has 1 unspecified atom stereocenters. The Bertz CT molecular complexity index is 489. The van der Waals surface area contributed by atoms with E-state index in [1.165, 1.54) is 25.7 Å². The molecular formula is C20H30F2O2. The Kier molecular flexibility index (Phi) is 10.3.